The van der Waals surface area contributed by atoms with Crippen molar-refractivity contribution in [1.82, 2.24) is 24.2 Å². The summed E-state index contributed by atoms with van der Waals surface area (Å²) in [5.41, 5.74) is 0.577. The number of carbonyl (C=O) groups excluding carboxylic acids is 1. The van der Waals surface area contributed by atoms with Crippen LogP contribution in [0, 0.1) is 0 Å². The molecule has 5 rings (SSSR count). The number of carbonyl (C=O) groups is 1. The summed E-state index contributed by atoms with van der Waals surface area (Å²) in [6, 6.07) is 16.7. The highest BCUT2D eigenvalue weighted by atomic mass is 16.5. The summed E-state index contributed by atoms with van der Waals surface area (Å²) in [5.74, 6) is -0.356. The van der Waals surface area contributed by atoms with Crippen LogP contribution < -0.4 is 15.0 Å². The minimum absolute atomic E-state index is 0.0580. The number of ether oxygens (including phenoxy) is 2. The summed E-state index contributed by atoms with van der Waals surface area (Å²) in [6.07, 6.45) is 2.50. The molecule has 0 saturated carbocycles. The lowest BCUT2D eigenvalue weighted by atomic mass is 9.99. The molecule has 1 saturated heterocycles. The molecule has 10 nitrogen and oxygen atoms in total. The second-order valence-electron chi connectivity index (χ2n) is 8.99. The predicted molar refractivity (Wildman–Crippen MR) is 141 cm³/mol. The van der Waals surface area contributed by atoms with Crippen molar-refractivity contribution in [3.8, 4) is 34.6 Å². The summed E-state index contributed by atoms with van der Waals surface area (Å²) in [4.78, 5) is 33.7. The molecular formula is C28H29N5O5. The van der Waals surface area contributed by atoms with Gasteiger partial charge in [0.25, 0.3) is 11.5 Å². The van der Waals surface area contributed by atoms with Gasteiger partial charge >= 0.3 is 0 Å². The molecule has 1 amide bonds. The van der Waals surface area contributed by atoms with Crippen LogP contribution in [0.25, 0.3) is 17.2 Å². The molecule has 38 heavy (non-hydrogen) atoms. The van der Waals surface area contributed by atoms with Gasteiger partial charge in [-0.05, 0) is 37.1 Å². The molecule has 0 aliphatic carbocycles. The first-order valence-corrected chi connectivity index (χ1v) is 12.4. The molecule has 3 heterocycles. The first kappa shape index (κ1) is 25.1. The maximum Gasteiger partial charge on any atom is 0.275 e. The standard InChI is InChI=1S/C28H29N5O5/c1-4-32-16-14-20(30-32)25-29-26(34)23(27(35)31-15-13-19(17-31)18-9-6-5-7-10-18)28(36)33(25)24-21(37-2)11-8-12-22(24)38-3/h5-12,14,16,19,34H,4,13,15,17H2,1-3H3/t19-/m0/s1. The molecule has 0 bridgehead atoms. The zero-order chi connectivity index (χ0) is 26.8. The van der Waals surface area contributed by atoms with Crippen LogP contribution in [0.1, 0.15) is 35.2 Å². The Kier molecular flexibility index (Phi) is 6.87. The molecule has 2 aromatic heterocycles. The third kappa shape index (κ3) is 4.38. The van der Waals surface area contributed by atoms with Crippen LogP contribution in [-0.4, -0.2) is 62.6 Å². The SMILES string of the molecule is CCn1ccc(-c2nc(O)c(C(=O)N3CC[C@H](c4ccccc4)C3)c(=O)n2-c2c(OC)cccc2OC)n1. The van der Waals surface area contributed by atoms with Gasteiger partial charge < -0.3 is 19.5 Å². The Hall–Kier alpha value is -4.60. The van der Waals surface area contributed by atoms with E-state index in [2.05, 4.69) is 10.1 Å². The van der Waals surface area contributed by atoms with Crippen LogP contribution >= 0.6 is 0 Å². The predicted octanol–water partition coefficient (Wildman–Crippen LogP) is 3.47. The van der Waals surface area contributed by atoms with Crippen molar-refractivity contribution in [1.29, 1.82) is 0 Å². The minimum atomic E-state index is -0.741. The minimum Gasteiger partial charge on any atom is -0.494 e. The number of methoxy groups -OCH3 is 2. The molecule has 4 aromatic rings. The molecule has 0 radical (unpaired) electrons. The zero-order valence-corrected chi connectivity index (χ0v) is 21.5. The van der Waals surface area contributed by atoms with Gasteiger partial charge in [-0.15, -0.1) is 0 Å². The highest BCUT2D eigenvalue weighted by Crippen LogP contribution is 2.35. The second kappa shape index (κ2) is 10.4. The van der Waals surface area contributed by atoms with Crippen molar-refractivity contribution in [2.24, 2.45) is 0 Å². The lowest BCUT2D eigenvalue weighted by molar-refractivity contribution is 0.0784. The van der Waals surface area contributed by atoms with E-state index < -0.39 is 22.9 Å². The van der Waals surface area contributed by atoms with Crippen LogP contribution in [0.2, 0.25) is 0 Å². The highest BCUT2D eigenvalue weighted by molar-refractivity contribution is 5.96. The van der Waals surface area contributed by atoms with Gasteiger partial charge in [-0.1, -0.05) is 36.4 Å². The largest absolute Gasteiger partial charge is 0.494 e. The van der Waals surface area contributed by atoms with E-state index in [1.807, 2.05) is 37.3 Å². The Morgan fingerprint density at radius 3 is 2.39 bits per heavy atom. The van der Waals surface area contributed by atoms with Crippen LogP contribution in [0.5, 0.6) is 17.4 Å². The normalized spacial score (nSPS) is 15.0. The number of hydrogen-bond acceptors (Lipinski definition) is 7. The number of para-hydroxylation sites is 1. The van der Waals surface area contributed by atoms with Crippen LogP contribution in [-0.2, 0) is 6.54 Å². The fourth-order valence-electron chi connectivity index (χ4n) is 4.89. The van der Waals surface area contributed by atoms with Crippen molar-refractivity contribution in [2.75, 3.05) is 27.3 Å². The third-order valence-electron chi connectivity index (χ3n) is 6.84. The summed E-state index contributed by atoms with van der Waals surface area (Å²) in [5, 5.41) is 15.4. The first-order valence-electron chi connectivity index (χ1n) is 12.4. The lowest BCUT2D eigenvalue weighted by Crippen LogP contribution is -2.36. The molecule has 0 unspecified atom stereocenters. The summed E-state index contributed by atoms with van der Waals surface area (Å²) in [7, 11) is 2.95. The Balaban J connectivity index is 1.66. The van der Waals surface area contributed by atoms with E-state index in [9.17, 15) is 14.7 Å². The number of aromatic hydroxyl groups is 1. The number of nitrogens with zero attached hydrogens (tertiary/aromatic N) is 5. The molecule has 196 valence electrons. The monoisotopic (exact) mass is 515 g/mol. The molecule has 1 atom stereocenters. The van der Waals surface area contributed by atoms with Crippen LogP contribution in [0.3, 0.4) is 0 Å². The Morgan fingerprint density at radius 2 is 1.76 bits per heavy atom. The smallest absolute Gasteiger partial charge is 0.275 e. The molecule has 1 fully saturated rings. The second-order valence-corrected chi connectivity index (χ2v) is 8.99. The number of likely N-dealkylation sites (tertiary alicyclic amines) is 1. The summed E-state index contributed by atoms with van der Waals surface area (Å²) in [6.45, 7) is 3.42. The number of hydrogen-bond donors (Lipinski definition) is 1. The van der Waals surface area contributed by atoms with Crippen molar-refractivity contribution in [3.63, 3.8) is 0 Å². The zero-order valence-electron chi connectivity index (χ0n) is 21.5. The van der Waals surface area contributed by atoms with Gasteiger partial charge in [0.05, 0.1) is 14.2 Å². The molecule has 2 aromatic carbocycles. The average Bonchev–Trinajstić information content (AvgIpc) is 3.63. The number of rotatable bonds is 7. The molecule has 0 spiro atoms. The molecule has 10 heteroatoms. The summed E-state index contributed by atoms with van der Waals surface area (Å²) < 4.78 is 14.0. The van der Waals surface area contributed by atoms with E-state index >= 15 is 0 Å². The van der Waals surface area contributed by atoms with E-state index in [0.717, 1.165) is 12.0 Å². The average molecular weight is 516 g/mol. The van der Waals surface area contributed by atoms with E-state index in [-0.39, 0.29) is 17.4 Å². The first-order chi connectivity index (χ1) is 18.5. The summed E-state index contributed by atoms with van der Waals surface area (Å²) >= 11 is 0. The van der Waals surface area contributed by atoms with E-state index in [4.69, 9.17) is 9.47 Å². The number of aromatic nitrogens is 4. The van der Waals surface area contributed by atoms with Crippen molar-refractivity contribution in [3.05, 3.63) is 82.3 Å². The van der Waals surface area contributed by atoms with Gasteiger partial charge in [-0.2, -0.15) is 10.1 Å². The highest BCUT2D eigenvalue weighted by Gasteiger charge is 2.34. The number of benzene rings is 2. The quantitative estimate of drug-likeness (QED) is 0.401. The number of amides is 1. The Morgan fingerprint density at radius 1 is 1.05 bits per heavy atom. The van der Waals surface area contributed by atoms with Crippen molar-refractivity contribution >= 4 is 5.91 Å². The van der Waals surface area contributed by atoms with Crippen LogP contribution in [0.15, 0.2) is 65.6 Å². The number of aryl methyl sites for hydroxylation is 1. The van der Waals surface area contributed by atoms with Gasteiger partial charge in [0.1, 0.15) is 22.9 Å². The fourth-order valence-corrected chi connectivity index (χ4v) is 4.89. The van der Waals surface area contributed by atoms with E-state index in [1.54, 1.807) is 40.0 Å². The van der Waals surface area contributed by atoms with Crippen molar-refractivity contribution in [2.45, 2.75) is 25.8 Å². The fraction of sp³-hybridized carbons (Fsp3) is 0.286. The van der Waals surface area contributed by atoms with E-state index in [0.29, 0.717) is 36.8 Å². The van der Waals surface area contributed by atoms with Gasteiger partial charge in [-0.3, -0.25) is 18.8 Å². The molecule has 1 aliphatic heterocycles. The topological polar surface area (TPSA) is 112 Å². The molecule has 1 aliphatic rings. The maximum absolute atomic E-state index is 14.1. The lowest BCUT2D eigenvalue weighted by Gasteiger charge is -2.20. The molecule has 1 N–H and O–H groups in total. The van der Waals surface area contributed by atoms with Gasteiger partial charge in [0.2, 0.25) is 5.88 Å². The molecular weight excluding hydrogens is 486 g/mol. The van der Waals surface area contributed by atoms with Gasteiger partial charge in [-0.25, -0.2) is 0 Å². The van der Waals surface area contributed by atoms with Gasteiger partial charge in [0, 0.05) is 31.7 Å². The van der Waals surface area contributed by atoms with Crippen molar-refractivity contribution < 1.29 is 19.4 Å². The third-order valence-corrected chi connectivity index (χ3v) is 6.84. The van der Waals surface area contributed by atoms with Crippen LogP contribution in [0.4, 0.5) is 0 Å². The Bertz CT molecular complexity index is 1510. The maximum atomic E-state index is 14.1. The van der Waals surface area contributed by atoms with Gasteiger partial charge in [0.15, 0.2) is 11.4 Å². The Labute approximate surface area is 219 Å². The van der Waals surface area contributed by atoms with E-state index in [1.165, 1.54) is 18.8 Å².